The Labute approximate surface area is 128 Å². The first-order valence-corrected chi connectivity index (χ1v) is 8.52. The molecule has 116 valence electrons. The molecule has 2 atom stereocenters. The zero-order chi connectivity index (χ0) is 15.2. The average molecular weight is 298 g/mol. The highest BCUT2D eigenvalue weighted by molar-refractivity contribution is 7.11. The fourth-order valence-electron chi connectivity index (χ4n) is 2.54. The van der Waals surface area contributed by atoms with Crippen LogP contribution in [-0.2, 0) is 0 Å². The summed E-state index contributed by atoms with van der Waals surface area (Å²) in [6, 6.07) is 0.358. The van der Waals surface area contributed by atoms with Gasteiger partial charge in [-0.2, -0.15) is 0 Å². The maximum atomic E-state index is 5.73. The summed E-state index contributed by atoms with van der Waals surface area (Å²) in [6.07, 6.45) is 5.54. The molecule has 2 unspecified atom stereocenters. The number of aromatic nitrogens is 1. The van der Waals surface area contributed by atoms with Crippen LogP contribution >= 0.6 is 11.3 Å². The van der Waals surface area contributed by atoms with Crippen molar-refractivity contribution >= 4 is 11.3 Å². The molecule has 20 heavy (non-hydrogen) atoms. The molecule has 1 aromatic heterocycles. The summed E-state index contributed by atoms with van der Waals surface area (Å²) in [7, 11) is 0. The van der Waals surface area contributed by atoms with Crippen molar-refractivity contribution in [2.24, 2.45) is 17.1 Å². The monoisotopic (exact) mass is 297 g/mol. The number of aryl methyl sites for hydroxylation is 1. The normalized spacial score (nSPS) is 15.3. The topological polar surface area (TPSA) is 50.9 Å². The van der Waals surface area contributed by atoms with Crippen molar-refractivity contribution in [3.05, 3.63) is 16.1 Å². The van der Waals surface area contributed by atoms with Crippen molar-refractivity contribution in [3.8, 4) is 0 Å². The van der Waals surface area contributed by atoms with Crippen molar-refractivity contribution in [2.75, 3.05) is 13.1 Å². The number of thiazole rings is 1. The van der Waals surface area contributed by atoms with Crippen LogP contribution in [0.3, 0.4) is 0 Å². The van der Waals surface area contributed by atoms with Gasteiger partial charge in [-0.05, 0) is 57.5 Å². The predicted molar refractivity (Wildman–Crippen MR) is 89.1 cm³/mol. The maximum Gasteiger partial charge on any atom is 0.109 e. The predicted octanol–water partition coefficient (Wildman–Crippen LogP) is 3.89. The van der Waals surface area contributed by atoms with Crippen molar-refractivity contribution < 1.29 is 0 Å². The van der Waals surface area contributed by atoms with E-state index >= 15 is 0 Å². The Balaban J connectivity index is 2.29. The molecule has 0 aromatic carbocycles. The molecule has 0 aliphatic heterocycles. The lowest BCUT2D eigenvalue weighted by Gasteiger charge is -2.30. The number of nitrogens with zero attached hydrogens (tertiary/aromatic N) is 1. The minimum Gasteiger partial charge on any atom is -0.330 e. The summed E-state index contributed by atoms with van der Waals surface area (Å²) in [5, 5.41) is 4.77. The Kier molecular flexibility index (Phi) is 7.13. The number of hydrogen-bond donors (Lipinski definition) is 2. The second kappa shape index (κ2) is 8.11. The van der Waals surface area contributed by atoms with E-state index in [1.54, 1.807) is 11.3 Å². The summed E-state index contributed by atoms with van der Waals surface area (Å²) in [5.74, 6) is 0.715. The van der Waals surface area contributed by atoms with Crippen LogP contribution in [0.25, 0.3) is 0 Å². The standard InChI is InChI=1S/C16H31N3S/c1-12-11-19-15(20-12)13(2)18-10-6-7-14(8-9-17)16(3,4)5/h11,13-14,18H,6-10,17H2,1-5H3. The number of hydrogen-bond acceptors (Lipinski definition) is 4. The molecule has 0 aliphatic rings. The SMILES string of the molecule is Cc1cnc(C(C)NCCCC(CCN)C(C)(C)C)s1. The molecule has 0 amide bonds. The van der Waals surface area contributed by atoms with Crippen LogP contribution in [0.5, 0.6) is 0 Å². The van der Waals surface area contributed by atoms with E-state index in [0.717, 1.165) is 19.5 Å². The summed E-state index contributed by atoms with van der Waals surface area (Å²) in [4.78, 5) is 5.72. The van der Waals surface area contributed by atoms with Gasteiger partial charge in [0.1, 0.15) is 5.01 Å². The van der Waals surface area contributed by atoms with Crippen LogP contribution in [0.15, 0.2) is 6.20 Å². The van der Waals surface area contributed by atoms with Gasteiger partial charge in [0.05, 0.1) is 6.04 Å². The molecule has 1 rings (SSSR count). The van der Waals surface area contributed by atoms with Crippen LogP contribution in [-0.4, -0.2) is 18.1 Å². The van der Waals surface area contributed by atoms with E-state index in [-0.39, 0.29) is 0 Å². The molecule has 4 heteroatoms. The van der Waals surface area contributed by atoms with Gasteiger partial charge in [-0.25, -0.2) is 4.98 Å². The van der Waals surface area contributed by atoms with Gasteiger partial charge >= 0.3 is 0 Å². The number of rotatable bonds is 8. The minimum absolute atomic E-state index is 0.358. The van der Waals surface area contributed by atoms with Crippen molar-refractivity contribution in [1.82, 2.24) is 10.3 Å². The van der Waals surface area contributed by atoms with E-state index in [4.69, 9.17) is 5.73 Å². The molecular formula is C16H31N3S. The lowest BCUT2D eigenvalue weighted by molar-refractivity contribution is 0.210. The molecule has 3 nitrogen and oxygen atoms in total. The third-order valence-corrected chi connectivity index (χ3v) is 5.02. The van der Waals surface area contributed by atoms with Gasteiger partial charge in [0, 0.05) is 11.1 Å². The lowest BCUT2D eigenvalue weighted by Crippen LogP contribution is -2.25. The van der Waals surface area contributed by atoms with Crippen LogP contribution in [0.2, 0.25) is 0 Å². The van der Waals surface area contributed by atoms with E-state index in [1.807, 2.05) is 6.20 Å². The van der Waals surface area contributed by atoms with E-state index < -0.39 is 0 Å². The lowest BCUT2D eigenvalue weighted by atomic mass is 9.76. The highest BCUT2D eigenvalue weighted by Gasteiger charge is 2.23. The quantitative estimate of drug-likeness (QED) is 0.716. The van der Waals surface area contributed by atoms with Gasteiger partial charge in [0.25, 0.3) is 0 Å². The fraction of sp³-hybridized carbons (Fsp3) is 0.812. The molecule has 0 saturated carbocycles. The zero-order valence-corrected chi connectivity index (χ0v) is 14.5. The van der Waals surface area contributed by atoms with Gasteiger partial charge < -0.3 is 11.1 Å². The Bertz CT molecular complexity index is 381. The second-order valence-corrected chi connectivity index (χ2v) is 8.03. The molecule has 0 radical (unpaired) electrons. The van der Waals surface area contributed by atoms with Gasteiger partial charge in [0.2, 0.25) is 0 Å². The number of nitrogens with two attached hydrogens (primary N) is 1. The van der Waals surface area contributed by atoms with Crippen molar-refractivity contribution in [1.29, 1.82) is 0 Å². The number of nitrogens with one attached hydrogen (secondary N) is 1. The van der Waals surface area contributed by atoms with E-state index in [2.05, 4.69) is 44.9 Å². The highest BCUT2D eigenvalue weighted by Crippen LogP contribution is 2.32. The Hall–Kier alpha value is -0.450. The molecule has 0 saturated heterocycles. The van der Waals surface area contributed by atoms with Crippen molar-refractivity contribution in [2.45, 2.75) is 59.9 Å². The second-order valence-electron chi connectivity index (χ2n) is 6.77. The van der Waals surface area contributed by atoms with Gasteiger partial charge in [0.15, 0.2) is 0 Å². The van der Waals surface area contributed by atoms with Gasteiger partial charge in [-0.3, -0.25) is 0 Å². The van der Waals surface area contributed by atoms with E-state index in [1.165, 1.54) is 22.7 Å². The smallest absolute Gasteiger partial charge is 0.109 e. The molecule has 0 fully saturated rings. The third kappa shape index (κ3) is 5.90. The molecular weight excluding hydrogens is 266 g/mol. The van der Waals surface area contributed by atoms with Gasteiger partial charge in [-0.1, -0.05) is 20.8 Å². The van der Waals surface area contributed by atoms with Gasteiger partial charge in [-0.15, -0.1) is 11.3 Å². The average Bonchev–Trinajstić information content (AvgIpc) is 2.78. The zero-order valence-electron chi connectivity index (χ0n) is 13.7. The largest absolute Gasteiger partial charge is 0.330 e. The molecule has 0 aliphatic carbocycles. The summed E-state index contributed by atoms with van der Waals surface area (Å²) >= 11 is 1.78. The maximum absolute atomic E-state index is 5.73. The molecule has 3 N–H and O–H groups in total. The minimum atomic E-state index is 0.358. The molecule has 1 aromatic rings. The Morgan fingerprint density at radius 3 is 2.55 bits per heavy atom. The van der Waals surface area contributed by atoms with Crippen LogP contribution in [0.4, 0.5) is 0 Å². The summed E-state index contributed by atoms with van der Waals surface area (Å²) < 4.78 is 0. The first-order chi connectivity index (χ1) is 9.34. The van der Waals surface area contributed by atoms with Crippen LogP contribution < -0.4 is 11.1 Å². The van der Waals surface area contributed by atoms with Crippen LogP contribution in [0, 0.1) is 18.3 Å². The first kappa shape index (κ1) is 17.6. The summed E-state index contributed by atoms with van der Waals surface area (Å²) in [6.45, 7) is 13.1. The fourth-order valence-corrected chi connectivity index (χ4v) is 3.34. The molecule has 0 spiro atoms. The summed E-state index contributed by atoms with van der Waals surface area (Å²) in [5.41, 5.74) is 6.09. The van der Waals surface area contributed by atoms with Crippen molar-refractivity contribution in [3.63, 3.8) is 0 Å². The Morgan fingerprint density at radius 2 is 2.05 bits per heavy atom. The van der Waals surface area contributed by atoms with Crippen LogP contribution in [0.1, 0.15) is 62.9 Å². The Morgan fingerprint density at radius 1 is 1.35 bits per heavy atom. The third-order valence-electron chi connectivity index (χ3n) is 3.93. The van der Waals surface area contributed by atoms with E-state index in [9.17, 15) is 0 Å². The highest BCUT2D eigenvalue weighted by atomic mass is 32.1. The molecule has 0 bridgehead atoms. The van der Waals surface area contributed by atoms with E-state index in [0.29, 0.717) is 17.4 Å². The first-order valence-electron chi connectivity index (χ1n) is 7.70. The molecule has 1 heterocycles.